The van der Waals surface area contributed by atoms with Crippen LogP contribution in [-0.4, -0.2) is 12.6 Å². The minimum atomic E-state index is 0.586. The smallest absolute Gasteiger partial charge is 0.00104 e. The van der Waals surface area contributed by atoms with Gasteiger partial charge in [0.1, 0.15) is 0 Å². The molecule has 1 aromatic rings. The zero-order valence-corrected chi connectivity index (χ0v) is 12.7. The van der Waals surface area contributed by atoms with E-state index in [2.05, 4.69) is 58.1 Å². The van der Waals surface area contributed by atoms with E-state index >= 15 is 0 Å². The van der Waals surface area contributed by atoms with Crippen LogP contribution in [0.2, 0.25) is 0 Å². The summed E-state index contributed by atoms with van der Waals surface area (Å²) in [6.45, 7) is 12.3. The highest BCUT2D eigenvalue weighted by Crippen LogP contribution is 2.18. The molecule has 0 fully saturated rings. The lowest BCUT2D eigenvalue weighted by molar-refractivity contribution is 0.418. The second-order valence-corrected chi connectivity index (χ2v) is 5.85. The van der Waals surface area contributed by atoms with Crippen LogP contribution in [0.15, 0.2) is 18.2 Å². The van der Waals surface area contributed by atoms with Crippen molar-refractivity contribution in [2.45, 2.75) is 59.9 Å². The Balaban J connectivity index is 2.66. The van der Waals surface area contributed by atoms with E-state index in [1.54, 1.807) is 0 Å². The minimum Gasteiger partial charge on any atom is -0.314 e. The van der Waals surface area contributed by atoms with E-state index in [0.717, 1.165) is 12.5 Å². The summed E-state index contributed by atoms with van der Waals surface area (Å²) < 4.78 is 0. The second kappa shape index (κ2) is 7.58. The Kier molecular flexibility index (Phi) is 6.42. The molecule has 0 saturated carbocycles. The van der Waals surface area contributed by atoms with E-state index in [0.29, 0.717) is 6.04 Å². The summed E-state index contributed by atoms with van der Waals surface area (Å²) in [5.74, 6) is 0.762. The van der Waals surface area contributed by atoms with Crippen LogP contribution in [0.25, 0.3) is 0 Å². The molecule has 0 aromatic heterocycles. The fourth-order valence-electron chi connectivity index (χ4n) is 2.42. The van der Waals surface area contributed by atoms with Crippen molar-refractivity contribution in [2.75, 3.05) is 6.54 Å². The molecule has 0 saturated heterocycles. The zero-order chi connectivity index (χ0) is 13.5. The van der Waals surface area contributed by atoms with Crippen LogP contribution in [0, 0.1) is 19.8 Å². The monoisotopic (exact) mass is 247 g/mol. The number of rotatable bonds is 7. The van der Waals surface area contributed by atoms with Crippen LogP contribution < -0.4 is 5.32 Å². The van der Waals surface area contributed by atoms with Crippen molar-refractivity contribution in [1.82, 2.24) is 5.32 Å². The van der Waals surface area contributed by atoms with Gasteiger partial charge in [-0.25, -0.2) is 0 Å². The molecule has 18 heavy (non-hydrogen) atoms. The molecular formula is C17H29N. The fraction of sp³-hybridized carbons (Fsp3) is 0.647. The van der Waals surface area contributed by atoms with Crippen LogP contribution >= 0.6 is 0 Å². The normalized spacial score (nSPS) is 13.0. The third-order valence-electron chi connectivity index (χ3n) is 3.52. The zero-order valence-electron chi connectivity index (χ0n) is 12.7. The molecule has 0 aliphatic carbocycles. The summed E-state index contributed by atoms with van der Waals surface area (Å²) in [4.78, 5) is 0. The Morgan fingerprint density at radius 2 is 1.89 bits per heavy atom. The molecule has 0 bridgehead atoms. The van der Waals surface area contributed by atoms with Crippen molar-refractivity contribution < 1.29 is 0 Å². The first-order valence-electron chi connectivity index (χ1n) is 7.32. The van der Waals surface area contributed by atoms with Gasteiger partial charge < -0.3 is 5.32 Å². The number of hydrogen-bond acceptors (Lipinski definition) is 1. The predicted molar refractivity (Wildman–Crippen MR) is 81.2 cm³/mol. The number of benzene rings is 1. The topological polar surface area (TPSA) is 12.0 Å². The summed E-state index contributed by atoms with van der Waals surface area (Å²) in [6, 6.07) is 7.40. The molecule has 0 amide bonds. The van der Waals surface area contributed by atoms with E-state index in [1.807, 2.05) is 0 Å². The SMILES string of the molecule is CCCC(CNC(C)C)Cc1cc(C)ccc1C. The Hall–Kier alpha value is -0.820. The van der Waals surface area contributed by atoms with Gasteiger partial charge in [-0.3, -0.25) is 0 Å². The van der Waals surface area contributed by atoms with Gasteiger partial charge in [-0.1, -0.05) is 51.0 Å². The molecule has 0 aliphatic heterocycles. The van der Waals surface area contributed by atoms with Gasteiger partial charge in [0.2, 0.25) is 0 Å². The van der Waals surface area contributed by atoms with Crippen molar-refractivity contribution in [3.05, 3.63) is 34.9 Å². The summed E-state index contributed by atoms with van der Waals surface area (Å²) in [5, 5.41) is 3.58. The average Bonchev–Trinajstić information content (AvgIpc) is 2.31. The first-order chi connectivity index (χ1) is 8.52. The fourth-order valence-corrected chi connectivity index (χ4v) is 2.42. The van der Waals surface area contributed by atoms with Gasteiger partial charge in [0, 0.05) is 6.04 Å². The highest BCUT2D eigenvalue weighted by molar-refractivity contribution is 5.30. The minimum absolute atomic E-state index is 0.586. The Bertz CT molecular complexity index is 355. The predicted octanol–water partition coefficient (Wildman–Crippen LogP) is 4.26. The number of aryl methyl sites for hydroxylation is 2. The first kappa shape index (κ1) is 15.2. The third kappa shape index (κ3) is 5.22. The highest BCUT2D eigenvalue weighted by atomic mass is 14.9. The van der Waals surface area contributed by atoms with Gasteiger partial charge in [0.05, 0.1) is 0 Å². The quantitative estimate of drug-likeness (QED) is 0.759. The van der Waals surface area contributed by atoms with Crippen LogP contribution in [0.1, 0.15) is 50.3 Å². The second-order valence-electron chi connectivity index (χ2n) is 5.85. The average molecular weight is 247 g/mol. The van der Waals surface area contributed by atoms with E-state index in [4.69, 9.17) is 0 Å². The largest absolute Gasteiger partial charge is 0.314 e. The number of hydrogen-bond donors (Lipinski definition) is 1. The third-order valence-corrected chi connectivity index (χ3v) is 3.52. The molecule has 1 unspecified atom stereocenters. The van der Waals surface area contributed by atoms with E-state index in [1.165, 1.54) is 36.0 Å². The van der Waals surface area contributed by atoms with Crippen LogP contribution in [-0.2, 0) is 6.42 Å². The summed E-state index contributed by atoms with van der Waals surface area (Å²) in [6.07, 6.45) is 3.80. The van der Waals surface area contributed by atoms with Crippen molar-refractivity contribution in [3.8, 4) is 0 Å². The van der Waals surface area contributed by atoms with Gasteiger partial charge in [-0.2, -0.15) is 0 Å². The molecule has 102 valence electrons. The highest BCUT2D eigenvalue weighted by Gasteiger charge is 2.11. The molecule has 0 spiro atoms. The Morgan fingerprint density at radius 1 is 1.17 bits per heavy atom. The summed E-state index contributed by atoms with van der Waals surface area (Å²) >= 11 is 0. The van der Waals surface area contributed by atoms with E-state index in [-0.39, 0.29) is 0 Å². The maximum Gasteiger partial charge on any atom is 0.00104 e. The molecule has 0 heterocycles. The molecule has 0 aliphatic rings. The van der Waals surface area contributed by atoms with Crippen molar-refractivity contribution >= 4 is 0 Å². The maximum atomic E-state index is 3.58. The van der Waals surface area contributed by atoms with Crippen molar-refractivity contribution in [2.24, 2.45) is 5.92 Å². The molecule has 1 N–H and O–H groups in total. The van der Waals surface area contributed by atoms with Crippen LogP contribution in [0.5, 0.6) is 0 Å². The van der Waals surface area contributed by atoms with Crippen molar-refractivity contribution in [1.29, 1.82) is 0 Å². The van der Waals surface area contributed by atoms with Crippen molar-refractivity contribution in [3.63, 3.8) is 0 Å². The van der Waals surface area contributed by atoms with Gasteiger partial charge in [-0.15, -0.1) is 0 Å². The standard InChI is InChI=1S/C17H29N/c1-6-7-16(12-18-13(2)3)11-17-10-14(4)8-9-15(17)5/h8-10,13,16,18H,6-7,11-12H2,1-5H3. The summed E-state index contributed by atoms with van der Waals surface area (Å²) in [7, 11) is 0. The van der Waals surface area contributed by atoms with E-state index in [9.17, 15) is 0 Å². The molecule has 0 radical (unpaired) electrons. The lowest BCUT2D eigenvalue weighted by atomic mass is 9.91. The maximum absolute atomic E-state index is 3.58. The molecule has 1 aromatic carbocycles. The van der Waals surface area contributed by atoms with Gasteiger partial charge in [-0.05, 0) is 50.3 Å². The summed E-state index contributed by atoms with van der Waals surface area (Å²) in [5.41, 5.74) is 4.34. The van der Waals surface area contributed by atoms with Gasteiger partial charge >= 0.3 is 0 Å². The van der Waals surface area contributed by atoms with E-state index < -0.39 is 0 Å². The van der Waals surface area contributed by atoms with Gasteiger partial charge in [0.15, 0.2) is 0 Å². The number of nitrogens with one attached hydrogen (secondary N) is 1. The Labute approximate surface area is 113 Å². The van der Waals surface area contributed by atoms with Crippen LogP contribution in [0.3, 0.4) is 0 Å². The molecule has 1 nitrogen and oxygen atoms in total. The molecule has 1 atom stereocenters. The lowest BCUT2D eigenvalue weighted by Crippen LogP contribution is -2.30. The molecule has 1 rings (SSSR count). The lowest BCUT2D eigenvalue weighted by Gasteiger charge is -2.20. The Morgan fingerprint density at radius 3 is 2.50 bits per heavy atom. The van der Waals surface area contributed by atoms with Gasteiger partial charge in [0.25, 0.3) is 0 Å². The first-order valence-corrected chi connectivity index (χ1v) is 7.32. The molecule has 1 heteroatoms. The van der Waals surface area contributed by atoms with Crippen LogP contribution in [0.4, 0.5) is 0 Å². The molecular weight excluding hydrogens is 218 g/mol.